The number of anilines is 1. The van der Waals surface area contributed by atoms with Gasteiger partial charge in [0.15, 0.2) is 0 Å². The molecular formula is C22H12Cl2NO3S-. The number of hydrogen-bond acceptors (Lipinski definition) is 4. The molecule has 0 aliphatic carbocycles. The quantitative estimate of drug-likeness (QED) is 0.455. The van der Waals surface area contributed by atoms with Gasteiger partial charge in [0.2, 0.25) is 0 Å². The number of aromatic carboxylic acids is 1. The van der Waals surface area contributed by atoms with Crippen molar-refractivity contribution < 1.29 is 14.7 Å². The molecular weight excluding hydrogens is 429 g/mol. The fourth-order valence-electron chi connectivity index (χ4n) is 3.05. The zero-order chi connectivity index (χ0) is 20.5. The molecule has 0 saturated carbocycles. The van der Waals surface area contributed by atoms with Gasteiger partial charge in [0.05, 0.1) is 22.2 Å². The second-order valence-electron chi connectivity index (χ2n) is 6.27. The molecule has 0 bridgehead atoms. The van der Waals surface area contributed by atoms with Crippen LogP contribution in [0.4, 0.5) is 5.69 Å². The highest BCUT2D eigenvalue weighted by Gasteiger charge is 2.15. The van der Waals surface area contributed by atoms with Crippen molar-refractivity contribution in [3.63, 3.8) is 0 Å². The first-order valence-corrected chi connectivity index (χ1v) is 10.2. The van der Waals surface area contributed by atoms with E-state index in [0.29, 0.717) is 5.02 Å². The fourth-order valence-corrected chi connectivity index (χ4v) is 4.52. The zero-order valence-electron chi connectivity index (χ0n) is 14.7. The second kappa shape index (κ2) is 7.87. The molecule has 1 aromatic heterocycles. The van der Waals surface area contributed by atoms with Crippen molar-refractivity contribution in [3.05, 3.63) is 87.2 Å². The van der Waals surface area contributed by atoms with Crippen LogP contribution in [0, 0.1) is 0 Å². The Morgan fingerprint density at radius 2 is 1.72 bits per heavy atom. The number of carboxylic acid groups (broad SMARTS) is 1. The molecule has 144 valence electrons. The van der Waals surface area contributed by atoms with Crippen molar-refractivity contribution in [2.24, 2.45) is 0 Å². The van der Waals surface area contributed by atoms with Crippen LogP contribution in [-0.2, 0) is 0 Å². The van der Waals surface area contributed by atoms with E-state index in [1.165, 1.54) is 24.3 Å². The van der Waals surface area contributed by atoms with Crippen LogP contribution in [0.5, 0.6) is 0 Å². The Bertz CT molecular complexity index is 1270. The van der Waals surface area contributed by atoms with Gasteiger partial charge < -0.3 is 15.2 Å². The zero-order valence-corrected chi connectivity index (χ0v) is 17.1. The predicted octanol–water partition coefficient (Wildman–Crippen LogP) is 5.49. The Kier molecular flexibility index (Phi) is 5.28. The van der Waals surface area contributed by atoms with Gasteiger partial charge in [-0.05, 0) is 47.3 Å². The van der Waals surface area contributed by atoms with E-state index in [1.807, 2.05) is 29.6 Å². The van der Waals surface area contributed by atoms with Gasteiger partial charge in [-0.3, -0.25) is 4.79 Å². The molecule has 1 amide bonds. The lowest BCUT2D eigenvalue weighted by molar-refractivity contribution is -0.254. The van der Waals surface area contributed by atoms with E-state index in [9.17, 15) is 14.7 Å². The van der Waals surface area contributed by atoms with Crippen LogP contribution in [0.1, 0.15) is 20.7 Å². The van der Waals surface area contributed by atoms with Crippen molar-refractivity contribution >= 4 is 62.2 Å². The molecule has 4 aromatic rings. The maximum atomic E-state index is 12.6. The van der Waals surface area contributed by atoms with E-state index in [0.717, 1.165) is 21.2 Å². The summed E-state index contributed by atoms with van der Waals surface area (Å²) in [5, 5.41) is 17.9. The van der Waals surface area contributed by atoms with Crippen LogP contribution >= 0.6 is 34.5 Å². The van der Waals surface area contributed by atoms with E-state index in [2.05, 4.69) is 5.32 Å². The number of carboxylic acids is 1. The molecule has 0 aliphatic rings. The summed E-state index contributed by atoms with van der Waals surface area (Å²) < 4.78 is 1.10. The summed E-state index contributed by atoms with van der Waals surface area (Å²) >= 11 is 13.5. The lowest BCUT2D eigenvalue weighted by Gasteiger charge is -2.14. The van der Waals surface area contributed by atoms with E-state index >= 15 is 0 Å². The summed E-state index contributed by atoms with van der Waals surface area (Å²) in [6, 6.07) is 17.2. The highest BCUT2D eigenvalue weighted by molar-refractivity contribution is 7.17. The maximum Gasteiger partial charge on any atom is 0.257 e. The Morgan fingerprint density at radius 3 is 2.48 bits per heavy atom. The van der Waals surface area contributed by atoms with Crippen molar-refractivity contribution in [1.29, 1.82) is 0 Å². The first-order valence-electron chi connectivity index (χ1n) is 8.52. The third kappa shape index (κ3) is 3.85. The largest absolute Gasteiger partial charge is 0.545 e. The monoisotopic (exact) mass is 440 g/mol. The average molecular weight is 441 g/mol. The first-order chi connectivity index (χ1) is 13.9. The third-order valence-electron chi connectivity index (χ3n) is 4.46. The highest BCUT2D eigenvalue weighted by atomic mass is 35.5. The van der Waals surface area contributed by atoms with E-state index in [-0.39, 0.29) is 21.8 Å². The van der Waals surface area contributed by atoms with Gasteiger partial charge in [0.1, 0.15) is 0 Å². The van der Waals surface area contributed by atoms with Crippen LogP contribution < -0.4 is 10.4 Å². The molecule has 0 saturated heterocycles. The number of fused-ring (bicyclic) bond motifs is 1. The number of nitrogens with one attached hydrogen (secondary N) is 1. The van der Waals surface area contributed by atoms with Crippen LogP contribution in [0.15, 0.2) is 66.0 Å². The second-order valence-corrected chi connectivity index (χ2v) is 8.03. The smallest absolute Gasteiger partial charge is 0.257 e. The molecule has 1 heterocycles. The average Bonchev–Trinajstić information content (AvgIpc) is 3.12. The van der Waals surface area contributed by atoms with E-state index < -0.39 is 11.9 Å². The topological polar surface area (TPSA) is 69.2 Å². The highest BCUT2D eigenvalue weighted by Crippen LogP contribution is 2.35. The minimum atomic E-state index is -1.39. The maximum absolute atomic E-state index is 12.6. The lowest BCUT2D eigenvalue weighted by Crippen LogP contribution is -2.25. The standard InChI is InChI=1S/C22H13Cl2NO3S/c23-13-6-7-15(18(24)10-13)21(26)25-19-8-5-12(9-16(19)22(27)28)17-11-29-20-4-2-1-3-14(17)20/h1-11H,(H,25,26)(H,27,28)/p-1. The normalized spacial score (nSPS) is 10.8. The molecule has 0 unspecified atom stereocenters. The summed E-state index contributed by atoms with van der Waals surface area (Å²) in [5.41, 5.74) is 1.85. The molecule has 3 aromatic carbocycles. The van der Waals surface area contributed by atoms with Crippen LogP contribution in [0.2, 0.25) is 10.0 Å². The number of benzene rings is 3. The molecule has 0 spiro atoms. The van der Waals surface area contributed by atoms with Crippen molar-refractivity contribution in [2.45, 2.75) is 0 Å². The van der Waals surface area contributed by atoms with Crippen molar-refractivity contribution in [1.82, 2.24) is 0 Å². The molecule has 0 atom stereocenters. The minimum Gasteiger partial charge on any atom is -0.545 e. The molecule has 29 heavy (non-hydrogen) atoms. The SMILES string of the molecule is O=C(Nc1ccc(-c2csc3ccccc23)cc1C(=O)[O-])c1ccc(Cl)cc1Cl. The Labute approximate surface area is 180 Å². The van der Waals surface area contributed by atoms with E-state index in [4.69, 9.17) is 23.2 Å². The summed E-state index contributed by atoms with van der Waals surface area (Å²) in [5.74, 6) is -1.92. The number of carbonyl (C=O) groups is 2. The predicted molar refractivity (Wildman–Crippen MR) is 116 cm³/mol. The van der Waals surface area contributed by atoms with Crippen LogP contribution in [0.3, 0.4) is 0 Å². The number of carbonyl (C=O) groups excluding carboxylic acids is 2. The van der Waals surface area contributed by atoms with Crippen molar-refractivity contribution in [2.75, 3.05) is 5.32 Å². The number of thiophene rings is 1. The minimum absolute atomic E-state index is 0.115. The first kappa shape index (κ1) is 19.5. The van der Waals surface area contributed by atoms with Gasteiger partial charge in [0, 0.05) is 26.2 Å². The Balaban J connectivity index is 1.71. The van der Waals surface area contributed by atoms with Gasteiger partial charge in [0.25, 0.3) is 5.91 Å². The molecule has 0 aliphatic heterocycles. The fraction of sp³-hybridized carbons (Fsp3) is 0. The Hall–Kier alpha value is -2.86. The van der Waals surface area contributed by atoms with Gasteiger partial charge in [-0.2, -0.15) is 0 Å². The Morgan fingerprint density at radius 1 is 0.931 bits per heavy atom. The summed E-state index contributed by atoms with van der Waals surface area (Å²) in [4.78, 5) is 24.3. The molecule has 0 radical (unpaired) electrons. The third-order valence-corrected chi connectivity index (χ3v) is 5.97. The van der Waals surface area contributed by atoms with E-state index in [1.54, 1.807) is 23.5 Å². The number of hydrogen-bond donors (Lipinski definition) is 1. The number of halogens is 2. The van der Waals surface area contributed by atoms with Crippen LogP contribution in [0.25, 0.3) is 21.2 Å². The number of amides is 1. The lowest BCUT2D eigenvalue weighted by atomic mass is 10.0. The summed E-state index contributed by atoms with van der Waals surface area (Å²) in [7, 11) is 0. The van der Waals surface area contributed by atoms with Gasteiger partial charge in [-0.1, -0.05) is 47.5 Å². The molecule has 7 heteroatoms. The van der Waals surface area contributed by atoms with Gasteiger partial charge in [-0.25, -0.2) is 0 Å². The number of rotatable bonds is 4. The van der Waals surface area contributed by atoms with Crippen LogP contribution in [-0.4, -0.2) is 11.9 Å². The summed E-state index contributed by atoms with van der Waals surface area (Å²) in [6.45, 7) is 0. The van der Waals surface area contributed by atoms with Crippen molar-refractivity contribution in [3.8, 4) is 11.1 Å². The van der Waals surface area contributed by atoms with Gasteiger partial charge in [-0.15, -0.1) is 11.3 Å². The molecule has 0 fully saturated rings. The molecule has 4 nitrogen and oxygen atoms in total. The molecule has 4 rings (SSSR count). The molecule has 1 N–H and O–H groups in total. The van der Waals surface area contributed by atoms with Gasteiger partial charge >= 0.3 is 0 Å². The summed E-state index contributed by atoms with van der Waals surface area (Å²) in [6.07, 6.45) is 0.